The first-order chi connectivity index (χ1) is 13.1. The molecule has 0 fully saturated rings. The Morgan fingerprint density at radius 1 is 0.889 bits per heavy atom. The number of benzene rings is 3. The number of nitrogens with zero attached hydrogens (tertiary/aromatic N) is 1. The summed E-state index contributed by atoms with van der Waals surface area (Å²) in [6, 6.07) is 27.6. The van der Waals surface area contributed by atoms with Gasteiger partial charge in [0.1, 0.15) is 0 Å². The monoisotopic (exact) mass is 358 g/mol. The first-order valence-corrected chi connectivity index (χ1v) is 8.84. The minimum absolute atomic E-state index is 0.0352. The largest absolute Gasteiger partial charge is 0.372 e. The lowest BCUT2D eigenvalue weighted by Crippen LogP contribution is -2.43. The van der Waals surface area contributed by atoms with Crippen molar-refractivity contribution in [2.24, 2.45) is 5.10 Å². The van der Waals surface area contributed by atoms with Crippen molar-refractivity contribution < 1.29 is 9.90 Å². The van der Waals surface area contributed by atoms with Gasteiger partial charge in [0.25, 0.3) is 5.91 Å². The van der Waals surface area contributed by atoms with Crippen LogP contribution in [0.4, 0.5) is 0 Å². The number of hydrogen-bond donors (Lipinski definition) is 2. The van der Waals surface area contributed by atoms with Gasteiger partial charge in [0.2, 0.25) is 0 Å². The minimum Gasteiger partial charge on any atom is -0.372 e. The number of aliphatic hydroxyl groups is 1. The zero-order chi connectivity index (χ0) is 19.1. The fourth-order valence-electron chi connectivity index (χ4n) is 2.92. The summed E-state index contributed by atoms with van der Waals surface area (Å²) in [4.78, 5) is 12.9. The summed E-state index contributed by atoms with van der Waals surface area (Å²) in [5.41, 5.74) is 2.74. The van der Waals surface area contributed by atoms with Gasteiger partial charge >= 0.3 is 0 Å². The van der Waals surface area contributed by atoms with Crippen LogP contribution in [0.1, 0.15) is 29.5 Å². The van der Waals surface area contributed by atoms with Crippen LogP contribution in [-0.4, -0.2) is 17.2 Å². The van der Waals surface area contributed by atoms with Gasteiger partial charge in [0.05, 0.1) is 0 Å². The van der Waals surface area contributed by atoms with E-state index in [2.05, 4.69) is 10.5 Å². The van der Waals surface area contributed by atoms with Gasteiger partial charge < -0.3 is 5.11 Å². The molecule has 0 aliphatic rings. The Hall–Kier alpha value is -3.24. The van der Waals surface area contributed by atoms with Gasteiger partial charge in [-0.15, -0.1) is 0 Å². The Bertz CT molecular complexity index is 854. The van der Waals surface area contributed by atoms with Crippen LogP contribution in [0.25, 0.3) is 0 Å². The molecule has 0 spiro atoms. The van der Waals surface area contributed by atoms with Crippen molar-refractivity contribution >= 4 is 12.1 Å². The van der Waals surface area contributed by atoms with Crippen molar-refractivity contribution in [3.05, 3.63) is 108 Å². The van der Waals surface area contributed by atoms with Crippen LogP contribution < -0.4 is 5.43 Å². The molecule has 4 nitrogen and oxygen atoms in total. The molecule has 0 saturated carbocycles. The van der Waals surface area contributed by atoms with Crippen molar-refractivity contribution in [1.29, 1.82) is 0 Å². The number of nitrogens with one attached hydrogen (secondary N) is 1. The normalized spacial score (nSPS) is 12.7. The Balaban J connectivity index is 1.83. The van der Waals surface area contributed by atoms with Crippen molar-refractivity contribution in [2.45, 2.75) is 18.4 Å². The molecule has 0 radical (unpaired) electrons. The maximum atomic E-state index is 12.9. The molecule has 27 heavy (non-hydrogen) atoms. The zero-order valence-corrected chi connectivity index (χ0v) is 15.1. The van der Waals surface area contributed by atoms with E-state index in [1.54, 1.807) is 54.7 Å². The average molecular weight is 358 g/mol. The van der Waals surface area contributed by atoms with E-state index in [1.807, 2.05) is 49.4 Å². The van der Waals surface area contributed by atoms with Crippen molar-refractivity contribution in [2.75, 3.05) is 0 Å². The van der Waals surface area contributed by atoms with Crippen LogP contribution >= 0.6 is 0 Å². The van der Waals surface area contributed by atoms with Gasteiger partial charge in [-0.05, 0) is 16.7 Å². The number of hydrogen-bond acceptors (Lipinski definition) is 3. The molecule has 3 aromatic rings. The molecule has 4 heteroatoms. The van der Waals surface area contributed by atoms with E-state index in [1.165, 1.54) is 0 Å². The third-order valence-electron chi connectivity index (χ3n) is 4.50. The first-order valence-electron chi connectivity index (χ1n) is 8.84. The fourth-order valence-corrected chi connectivity index (χ4v) is 2.92. The Labute approximate surface area is 159 Å². The van der Waals surface area contributed by atoms with Gasteiger partial charge in [-0.1, -0.05) is 97.9 Å². The summed E-state index contributed by atoms with van der Waals surface area (Å²) in [5, 5.41) is 15.4. The second-order valence-corrected chi connectivity index (χ2v) is 6.36. The molecule has 0 bridgehead atoms. The van der Waals surface area contributed by atoms with Crippen molar-refractivity contribution in [3.63, 3.8) is 0 Å². The first kappa shape index (κ1) is 18.5. The number of carbonyl (C=O) groups is 1. The van der Waals surface area contributed by atoms with Crippen LogP contribution in [0.15, 0.2) is 96.1 Å². The summed E-state index contributed by atoms with van der Waals surface area (Å²) in [7, 11) is 0. The van der Waals surface area contributed by atoms with E-state index in [9.17, 15) is 9.90 Å². The Morgan fingerprint density at radius 3 is 1.81 bits per heavy atom. The molecular weight excluding hydrogens is 336 g/mol. The summed E-state index contributed by atoms with van der Waals surface area (Å²) < 4.78 is 0. The lowest BCUT2D eigenvalue weighted by Gasteiger charge is -2.27. The Kier molecular flexibility index (Phi) is 5.79. The highest BCUT2D eigenvalue weighted by Crippen LogP contribution is 2.29. The fraction of sp³-hybridized carbons (Fsp3) is 0.130. The molecule has 3 aromatic carbocycles. The Morgan fingerprint density at radius 2 is 1.33 bits per heavy atom. The van der Waals surface area contributed by atoms with Crippen molar-refractivity contribution in [1.82, 2.24) is 5.43 Å². The van der Waals surface area contributed by atoms with Crippen LogP contribution in [0.5, 0.6) is 0 Å². The molecular formula is C23H22N2O2. The highest BCUT2D eigenvalue weighted by atomic mass is 16.3. The van der Waals surface area contributed by atoms with E-state index in [-0.39, 0.29) is 5.92 Å². The van der Waals surface area contributed by atoms with E-state index in [4.69, 9.17) is 0 Å². The minimum atomic E-state index is -1.82. The highest BCUT2D eigenvalue weighted by molar-refractivity contribution is 5.90. The summed E-state index contributed by atoms with van der Waals surface area (Å²) in [5.74, 6) is -0.565. The topological polar surface area (TPSA) is 61.7 Å². The standard InChI is InChI=1S/C23H22N2O2/c1-18(19-11-5-2-6-12-19)17-24-25-22(26)23(27,20-13-7-3-8-14-20)21-15-9-4-10-16-21/h2-18,27H,1H3,(H,25,26)/t18-/m0/s1. The van der Waals surface area contributed by atoms with Crippen LogP contribution in [0.3, 0.4) is 0 Å². The number of amides is 1. The molecule has 1 atom stereocenters. The summed E-state index contributed by atoms with van der Waals surface area (Å²) in [6.07, 6.45) is 1.66. The molecule has 0 unspecified atom stereocenters. The van der Waals surface area contributed by atoms with Crippen LogP contribution in [0.2, 0.25) is 0 Å². The molecule has 0 aromatic heterocycles. The molecule has 0 heterocycles. The van der Waals surface area contributed by atoms with E-state index in [0.29, 0.717) is 11.1 Å². The van der Waals surface area contributed by atoms with Gasteiger partial charge in [0, 0.05) is 12.1 Å². The van der Waals surface area contributed by atoms with Crippen LogP contribution in [-0.2, 0) is 10.4 Å². The molecule has 2 N–H and O–H groups in total. The van der Waals surface area contributed by atoms with Gasteiger partial charge in [0.15, 0.2) is 5.60 Å². The lowest BCUT2D eigenvalue weighted by molar-refractivity contribution is -0.136. The lowest BCUT2D eigenvalue weighted by atomic mass is 9.85. The molecule has 136 valence electrons. The van der Waals surface area contributed by atoms with Crippen LogP contribution in [0, 0.1) is 0 Å². The molecule has 0 aliphatic heterocycles. The van der Waals surface area contributed by atoms with E-state index in [0.717, 1.165) is 5.56 Å². The predicted octanol–water partition coefficient (Wildman–Crippen LogP) is 3.83. The predicted molar refractivity (Wildman–Crippen MR) is 107 cm³/mol. The third-order valence-corrected chi connectivity index (χ3v) is 4.50. The summed E-state index contributed by atoms with van der Waals surface area (Å²) >= 11 is 0. The number of rotatable bonds is 6. The second-order valence-electron chi connectivity index (χ2n) is 6.36. The SMILES string of the molecule is C[C@@H](C=NNC(=O)C(O)(c1ccccc1)c1ccccc1)c1ccccc1. The maximum absolute atomic E-state index is 12.9. The molecule has 0 aliphatic carbocycles. The van der Waals surface area contributed by atoms with E-state index < -0.39 is 11.5 Å². The maximum Gasteiger partial charge on any atom is 0.281 e. The average Bonchev–Trinajstić information content (AvgIpc) is 2.74. The second kappa shape index (κ2) is 8.43. The zero-order valence-electron chi connectivity index (χ0n) is 15.1. The van der Waals surface area contributed by atoms with Gasteiger partial charge in [-0.25, -0.2) is 5.43 Å². The van der Waals surface area contributed by atoms with Gasteiger partial charge in [-0.3, -0.25) is 4.79 Å². The number of hydrazone groups is 1. The highest BCUT2D eigenvalue weighted by Gasteiger charge is 2.39. The molecule has 0 saturated heterocycles. The van der Waals surface area contributed by atoms with Gasteiger partial charge in [-0.2, -0.15) is 5.10 Å². The molecule has 1 amide bonds. The smallest absolute Gasteiger partial charge is 0.281 e. The third kappa shape index (κ3) is 4.13. The summed E-state index contributed by atoms with van der Waals surface area (Å²) in [6.45, 7) is 1.99. The number of carbonyl (C=O) groups excluding carboxylic acids is 1. The van der Waals surface area contributed by atoms with E-state index >= 15 is 0 Å². The quantitative estimate of drug-likeness (QED) is 0.520. The van der Waals surface area contributed by atoms with Crippen molar-refractivity contribution in [3.8, 4) is 0 Å². The molecule has 3 rings (SSSR count).